The molecule has 0 saturated carbocycles. The highest BCUT2D eigenvalue weighted by molar-refractivity contribution is 9.10. The van der Waals surface area contributed by atoms with E-state index in [0.717, 1.165) is 10.0 Å². The third-order valence-corrected chi connectivity index (χ3v) is 4.43. The van der Waals surface area contributed by atoms with Crippen molar-refractivity contribution in [3.63, 3.8) is 0 Å². The van der Waals surface area contributed by atoms with E-state index in [1.165, 1.54) is 12.4 Å². The maximum absolute atomic E-state index is 11.9. The van der Waals surface area contributed by atoms with Crippen molar-refractivity contribution in [1.29, 1.82) is 0 Å². The number of hydrogen-bond donors (Lipinski definition) is 2. The first kappa shape index (κ1) is 21.2. The molecule has 0 spiro atoms. The number of hydrogen-bond acceptors (Lipinski definition) is 5. The van der Waals surface area contributed by atoms with Crippen LogP contribution in [0.15, 0.2) is 82.6 Å². The van der Waals surface area contributed by atoms with Gasteiger partial charge in [0.25, 0.3) is 11.8 Å². The van der Waals surface area contributed by atoms with Crippen LogP contribution in [0.2, 0.25) is 0 Å². The number of carbonyl (C=O) groups is 2. The van der Waals surface area contributed by atoms with Gasteiger partial charge in [-0.25, -0.2) is 5.43 Å². The van der Waals surface area contributed by atoms with Crippen LogP contribution in [0.4, 0.5) is 0 Å². The molecule has 8 heteroatoms. The molecule has 2 amide bonds. The third-order valence-electron chi connectivity index (χ3n) is 3.94. The Labute approximate surface area is 182 Å². The number of hydrazone groups is 1. The largest absolute Gasteiger partial charge is 0.488 e. The normalized spacial score (nSPS) is 10.6. The van der Waals surface area contributed by atoms with E-state index in [0.29, 0.717) is 23.5 Å². The Morgan fingerprint density at radius 3 is 2.70 bits per heavy atom. The molecular formula is C22H19BrN4O3. The summed E-state index contributed by atoms with van der Waals surface area (Å²) in [5, 5.41) is 6.47. The number of pyridine rings is 1. The fourth-order valence-corrected chi connectivity index (χ4v) is 2.84. The minimum absolute atomic E-state index is 0.207. The summed E-state index contributed by atoms with van der Waals surface area (Å²) in [5.41, 5.74) is 4.50. The minimum Gasteiger partial charge on any atom is -0.488 e. The van der Waals surface area contributed by atoms with Gasteiger partial charge in [-0.1, -0.05) is 46.3 Å². The molecule has 1 heterocycles. The zero-order valence-electron chi connectivity index (χ0n) is 15.9. The monoisotopic (exact) mass is 466 g/mol. The van der Waals surface area contributed by atoms with Crippen molar-refractivity contribution in [1.82, 2.24) is 15.7 Å². The molecule has 0 atom stereocenters. The van der Waals surface area contributed by atoms with Crippen molar-refractivity contribution in [3.8, 4) is 5.75 Å². The van der Waals surface area contributed by atoms with Gasteiger partial charge in [0.15, 0.2) is 0 Å². The zero-order valence-corrected chi connectivity index (χ0v) is 17.5. The van der Waals surface area contributed by atoms with Crippen LogP contribution in [-0.4, -0.2) is 29.6 Å². The Morgan fingerprint density at radius 2 is 1.93 bits per heavy atom. The summed E-state index contributed by atoms with van der Waals surface area (Å²) in [7, 11) is 0. The molecule has 3 aromatic rings. The van der Waals surface area contributed by atoms with Gasteiger partial charge in [0, 0.05) is 22.4 Å². The maximum Gasteiger partial charge on any atom is 0.259 e. The number of nitrogens with zero attached hydrogens (tertiary/aromatic N) is 2. The van der Waals surface area contributed by atoms with Gasteiger partial charge in [0.05, 0.1) is 18.3 Å². The topological polar surface area (TPSA) is 92.7 Å². The van der Waals surface area contributed by atoms with Crippen molar-refractivity contribution in [2.75, 3.05) is 6.54 Å². The minimum atomic E-state index is -0.453. The van der Waals surface area contributed by atoms with E-state index >= 15 is 0 Å². The van der Waals surface area contributed by atoms with Crippen LogP contribution in [0, 0.1) is 0 Å². The Kier molecular flexibility index (Phi) is 7.68. The van der Waals surface area contributed by atoms with Crippen LogP contribution in [-0.2, 0) is 11.4 Å². The highest BCUT2D eigenvalue weighted by Crippen LogP contribution is 2.22. The van der Waals surface area contributed by atoms with E-state index in [4.69, 9.17) is 4.74 Å². The summed E-state index contributed by atoms with van der Waals surface area (Å²) in [6, 6.07) is 18.6. The van der Waals surface area contributed by atoms with Crippen molar-refractivity contribution >= 4 is 34.0 Å². The second-order valence-corrected chi connectivity index (χ2v) is 7.09. The van der Waals surface area contributed by atoms with E-state index in [2.05, 4.69) is 36.8 Å². The molecule has 7 nitrogen and oxygen atoms in total. The van der Waals surface area contributed by atoms with Gasteiger partial charge in [-0.2, -0.15) is 5.10 Å². The molecule has 0 saturated heterocycles. The van der Waals surface area contributed by atoms with E-state index in [-0.39, 0.29) is 12.5 Å². The van der Waals surface area contributed by atoms with Crippen LogP contribution in [0.5, 0.6) is 5.75 Å². The molecule has 0 radical (unpaired) electrons. The predicted octanol–water partition coefficient (Wildman–Crippen LogP) is 3.30. The fraction of sp³-hybridized carbons (Fsp3) is 0.0909. The van der Waals surface area contributed by atoms with Crippen LogP contribution in [0.25, 0.3) is 0 Å². The van der Waals surface area contributed by atoms with Crippen LogP contribution in [0.3, 0.4) is 0 Å². The second kappa shape index (κ2) is 10.9. The van der Waals surface area contributed by atoms with E-state index in [1.807, 2.05) is 48.5 Å². The van der Waals surface area contributed by atoms with E-state index in [9.17, 15) is 9.59 Å². The molecule has 1 aromatic heterocycles. The lowest BCUT2D eigenvalue weighted by Crippen LogP contribution is -2.34. The number of carbonyl (C=O) groups excluding carboxylic acids is 2. The molecular weight excluding hydrogens is 448 g/mol. The molecule has 0 aliphatic rings. The molecule has 0 aliphatic heterocycles. The smallest absolute Gasteiger partial charge is 0.259 e. The quantitative estimate of drug-likeness (QED) is 0.393. The molecule has 2 N–H and O–H groups in total. The summed E-state index contributed by atoms with van der Waals surface area (Å²) < 4.78 is 6.73. The first-order valence-electron chi connectivity index (χ1n) is 9.08. The van der Waals surface area contributed by atoms with Gasteiger partial charge in [-0.05, 0) is 35.9 Å². The SMILES string of the molecule is O=C(CNC(=O)c1cccnc1)NN=Cc1cc(Br)ccc1OCc1ccccc1. The highest BCUT2D eigenvalue weighted by atomic mass is 79.9. The molecule has 0 fully saturated rings. The van der Waals surface area contributed by atoms with E-state index in [1.54, 1.807) is 18.3 Å². The average molecular weight is 467 g/mol. The first-order valence-corrected chi connectivity index (χ1v) is 9.87. The van der Waals surface area contributed by atoms with Crippen molar-refractivity contribution in [2.45, 2.75) is 6.61 Å². The summed E-state index contributed by atoms with van der Waals surface area (Å²) in [4.78, 5) is 27.7. The highest BCUT2D eigenvalue weighted by Gasteiger charge is 2.08. The van der Waals surface area contributed by atoms with Crippen LogP contribution in [0.1, 0.15) is 21.5 Å². The Bertz CT molecular complexity index is 1030. The van der Waals surface area contributed by atoms with Crippen molar-refractivity contribution in [3.05, 3.63) is 94.2 Å². The first-order chi connectivity index (χ1) is 14.6. The van der Waals surface area contributed by atoms with Gasteiger partial charge in [0.1, 0.15) is 12.4 Å². The molecule has 2 aromatic carbocycles. The number of ether oxygens (including phenoxy) is 1. The van der Waals surface area contributed by atoms with Gasteiger partial charge in [-0.3, -0.25) is 14.6 Å². The summed E-state index contributed by atoms with van der Waals surface area (Å²) in [6.07, 6.45) is 4.49. The predicted molar refractivity (Wildman–Crippen MR) is 117 cm³/mol. The Morgan fingerprint density at radius 1 is 1.10 bits per heavy atom. The van der Waals surface area contributed by atoms with Crippen molar-refractivity contribution in [2.24, 2.45) is 5.10 Å². The maximum atomic E-state index is 11.9. The number of amides is 2. The summed E-state index contributed by atoms with van der Waals surface area (Å²) >= 11 is 3.42. The van der Waals surface area contributed by atoms with E-state index < -0.39 is 5.91 Å². The lowest BCUT2D eigenvalue weighted by atomic mass is 10.2. The molecule has 3 rings (SSSR count). The molecule has 30 heavy (non-hydrogen) atoms. The van der Waals surface area contributed by atoms with Gasteiger partial charge in [-0.15, -0.1) is 0 Å². The lowest BCUT2D eigenvalue weighted by Gasteiger charge is -2.10. The Balaban J connectivity index is 1.54. The number of benzene rings is 2. The number of rotatable bonds is 8. The van der Waals surface area contributed by atoms with Crippen LogP contribution >= 0.6 is 15.9 Å². The number of halogens is 1. The van der Waals surface area contributed by atoms with Crippen LogP contribution < -0.4 is 15.5 Å². The number of nitrogens with one attached hydrogen (secondary N) is 2. The summed E-state index contributed by atoms with van der Waals surface area (Å²) in [5.74, 6) is -0.207. The zero-order chi connectivity index (χ0) is 21.2. The molecule has 152 valence electrons. The standard InChI is InChI=1S/C22H19BrN4O3/c23-19-8-9-20(30-15-16-5-2-1-3-6-16)18(11-19)13-26-27-21(28)14-25-22(29)17-7-4-10-24-12-17/h1-13H,14-15H2,(H,25,29)(H,27,28). The molecule has 0 unspecified atom stereocenters. The van der Waals surface area contributed by atoms with Crippen molar-refractivity contribution < 1.29 is 14.3 Å². The molecule has 0 aliphatic carbocycles. The average Bonchev–Trinajstić information content (AvgIpc) is 2.78. The Hall–Kier alpha value is -3.52. The fourth-order valence-electron chi connectivity index (χ4n) is 2.46. The third kappa shape index (κ3) is 6.52. The lowest BCUT2D eigenvalue weighted by molar-refractivity contribution is -0.120. The number of aromatic nitrogens is 1. The van der Waals surface area contributed by atoms with Gasteiger partial charge in [0.2, 0.25) is 0 Å². The van der Waals surface area contributed by atoms with Gasteiger partial charge < -0.3 is 10.1 Å². The second-order valence-electron chi connectivity index (χ2n) is 6.17. The summed E-state index contributed by atoms with van der Waals surface area (Å²) in [6.45, 7) is 0.205. The molecule has 0 bridgehead atoms. The van der Waals surface area contributed by atoms with Gasteiger partial charge >= 0.3 is 0 Å².